The fourth-order valence-electron chi connectivity index (χ4n) is 1.78. The van der Waals surface area contributed by atoms with E-state index in [-0.39, 0.29) is 18.4 Å². The molecule has 0 aromatic heterocycles. The van der Waals surface area contributed by atoms with Gasteiger partial charge in [-0.1, -0.05) is 13.3 Å². The number of hydrogen-bond acceptors (Lipinski definition) is 3. The van der Waals surface area contributed by atoms with E-state index in [9.17, 15) is 5.11 Å². The van der Waals surface area contributed by atoms with Gasteiger partial charge in [-0.15, -0.1) is 0 Å². The second kappa shape index (κ2) is 5.58. The molecule has 0 bridgehead atoms. The fraction of sp³-hybridized carbons (Fsp3) is 1.00. The molecule has 0 radical (unpaired) electrons. The third-order valence-electron chi connectivity index (χ3n) is 2.58. The molecule has 3 nitrogen and oxygen atoms in total. The number of aliphatic hydroxyl groups is 1. The molecule has 1 rings (SSSR count). The Bertz CT molecular complexity index is 133. The van der Waals surface area contributed by atoms with Crippen LogP contribution in [0.2, 0.25) is 0 Å². The molecule has 3 heteroatoms. The van der Waals surface area contributed by atoms with Gasteiger partial charge in [0.25, 0.3) is 0 Å². The zero-order valence-electron chi connectivity index (χ0n) is 8.41. The van der Waals surface area contributed by atoms with Crippen molar-refractivity contribution in [3.8, 4) is 0 Å². The lowest BCUT2D eigenvalue weighted by atomic mass is 9.95. The third-order valence-corrected chi connectivity index (χ3v) is 2.58. The van der Waals surface area contributed by atoms with Crippen LogP contribution in [0.25, 0.3) is 0 Å². The summed E-state index contributed by atoms with van der Waals surface area (Å²) in [6.45, 7) is 2.11. The molecule has 1 aliphatic carbocycles. The van der Waals surface area contributed by atoms with Gasteiger partial charge in [-0.05, 0) is 32.1 Å². The van der Waals surface area contributed by atoms with E-state index in [0.29, 0.717) is 0 Å². The summed E-state index contributed by atoms with van der Waals surface area (Å²) in [4.78, 5) is 0. The van der Waals surface area contributed by atoms with Crippen LogP contribution in [0.4, 0.5) is 0 Å². The molecule has 0 aliphatic heterocycles. The molecule has 0 amide bonds. The van der Waals surface area contributed by atoms with Crippen LogP contribution >= 0.6 is 0 Å². The van der Waals surface area contributed by atoms with Gasteiger partial charge in [-0.25, -0.2) is 0 Å². The molecular formula is C10H21NO2. The highest BCUT2D eigenvalue weighted by molar-refractivity contribution is 4.72. The van der Waals surface area contributed by atoms with Gasteiger partial charge >= 0.3 is 0 Å². The first-order valence-electron chi connectivity index (χ1n) is 5.31. The maximum atomic E-state index is 9.28. The third kappa shape index (κ3) is 4.07. The van der Waals surface area contributed by atoms with Crippen molar-refractivity contribution in [3.05, 3.63) is 0 Å². The van der Waals surface area contributed by atoms with Crippen molar-refractivity contribution in [2.24, 2.45) is 5.73 Å². The molecule has 1 atom stereocenters. The lowest BCUT2D eigenvalue weighted by Gasteiger charge is -2.27. The minimum atomic E-state index is -0.109. The summed E-state index contributed by atoms with van der Waals surface area (Å²) in [6, 6.07) is 0. The molecular weight excluding hydrogens is 166 g/mol. The van der Waals surface area contributed by atoms with Gasteiger partial charge in [0, 0.05) is 0 Å². The van der Waals surface area contributed by atoms with Crippen LogP contribution in [-0.4, -0.2) is 23.5 Å². The summed E-state index contributed by atoms with van der Waals surface area (Å²) in [6.07, 6.45) is 5.71. The van der Waals surface area contributed by atoms with Crippen LogP contribution in [0, 0.1) is 0 Å². The number of ether oxygens (including phenoxy) is 1. The maximum absolute atomic E-state index is 9.28. The van der Waals surface area contributed by atoms with E-state index in [0.717, 1.165) is 38.5 Å². The molecule has 0 heterocycles. The van der Waals surface area contributed by atoms with Crippen LogP contribution in [0.15, 0.2) is 0 Å². The standard InChI is InChI=1S/C10H21NO2/c1-2-3-10(11)13-9-6-4-8(12)5-7-9/h8-10,12H,2-7,11H2,1H3/t8?,9?,10-/m0/s1. The minimum Gasteiger partial charge on any atom is -0.393 e. The van der Waals surface area contributed by atoms with Gasteiger partial charge in [-0.2, -0.15) is 0 Å². The van der Waals surface area contributed by atoms with Gasteiger partial charge < -0.3 is 15.6 Å². The molecule has 3 N–H and O–H groups in total. The minimum absolute atomic E-state index is 0.106. The van der Waals surface area contributed by atoms with Gasteiger partial charge in [0.15, 0.2) is 0 Å². The van der Waals surface area contributed by atoms with Crippen LogP contribution in [0.1, 0.15) is 45.4 Å². The molecule has 1 saturated carbocycles. The first kappa shape index (κ1) is 11.0. The van der Waals surface area contributed by atoms with Crippen LogP contribution < -0.4 is 5.73 Å². The predicted octanol–water partition coefficient (Wildman–Crippen LogP) is 1.39. The lowest BCUT2D eigenvalue weighted by Crippen LogP contribution is -2.33. The number of rotatable bonds is 4. The van der Waals surface area contributed by atoms with Crippen molar-refractivity contribution in [2.45, 2.75) is 63.9 Å². The largest absolute Gasteiger partial charge is 0.393 e. The molecule has 0 aromatic rings. The van der Waals surface area contributed by atoms with E-state index >= 15 is 0 Å². The van der Waals surface area contributed by atoms with E-state index in [2.05, 4.69) is 6.92 Å². The summed E-state index contributed by atoms with van der Waals surface area (Å²) < 4.78 is 5.65. The summed E-state index contributed by atoms with van der Waals surface area (Å²) in [7, 11) is 0. The topological polar surface area (TPSA) is 55.5 Å². The smallest absolute Gasteiger partial charge is 0.105 e. The van der Waals surface area contributed by atoms with E-state index in [1.807, 2.05) is 0 Å². The highest BCUT2D eigenvalue weighted by Crippen LogP contribution is 2.21. The average Bonchev–Trinajstić information content (AvgIpc) is 2.09. The monoisotopic (exact) mass is 187 g/mol. The molecule has 0 spiro atoms. The fourth-order valence-corrected chi connectivity index (χ4v) is 1.78. The first-order valence-corrected chi connectivity index (χ1v) is 5.31. The van der Waals surface area contributed by atoms with Crippen molar-refractivity contribution in [1.29, 1.82) is 0 Å². The quantitative estimate of drug-likeness (QED) is 0.654. The van der Waals surface area contributed by atoms with E-state index in [1.54, 1.807) is 0 Å². The molecule has 0 aromatic carbocycles. The molecule has 13 heavy (non-hydrogen) atoms. The molecule has 0 unspecified atom stereocenters. The SMILES string of the molecule is CCC[C@@H](N)OC1CCC(O)CC1. The van der Waals surface area contributed by atoms with Gasteiger partial charge in [0.05, 0.1) is 12.2 Å². The highest BCUT2D eigenvalue weighted by Gasteiger charge is 2.21. The Hall–Kier alpha value is -0.120. The van der Waals surface area contributed by atoms with Crippen LogP contribution in [0.3, 0.4) is 0 Å². The Balaban J connectivity index is 2.14. The van der Waals surface area contributed by atoms with Gasteiger partial charge in [-0.3, -0.25) is 0 Å². The Kier molecular flexibility index (Phi) is 4.70. The lowest BCUT2D eigenvalue weighted by molar-refractivity contribution is -0.0482. The Labute approximate surface area is 80.3 Å². The van der Waals surface area contributed by atoms with Crippen molar-refractivity contribution in [1.82, 2.24) is 0 Å². The molecule has 78 valence electrons. The zero-order chi connectivity index (χ0) is 9.68. The Morgan fingerprint density at radius 1 is 1.38 bits per heavy atom. The molecule has 1 aliphatic rings. The van der Waals surface area contributed by atoms with Crippen molar-refractivity contribution < 1.29 is 9.84 Å². The van der Waals surface area contributed by atoms with Crippen LogP contribution in [-0.2, 0) is 4.74 Å². The second-order valence-electron chi connectivity index (χ2n) is 3.89. The molecule has 1 fully saturated rings. The van der Waals surface area contributed by atoms with E-state index in [1.165, 1.54) is 0 Å². The number of hydrogen-bond donors (Lipinski definition) is 2. The predicted molar refractivity (Wildman–Crippen MR) is 52.2 cm³/mol. The first-order chi connectivity index (χ1) is 6.22. The van der Waals surface area contributed by atoms with Gasteiger partial charge in [0.2, 0.25) is 0 Å². The van der Waals surface area contributed by atoms with Crippen LogP contribution in [0.5, 0.6) is 0 Å². The second-order valence-corrected chi connectivity index (χ2v) is 3.89. The number of nitrogens with two attached hydrogens (primary N) is 1. The molecule has 0 saturated heterocycles. The summed E-state index contributed by atoms with van der Waals surface area (Å²) in [5.74, 6) is 0. The summed E-state index contributed by atoms with van der Waals surface area (Å²) >= 11 is 0. The van der Waals surface area contributed by atoms with E-state index in [4.69, 9.17) is 10.5 Å². The highest BCUT2D eigenvalue weighted by atomic mass is 16.5. The van der Waals surface area contributed by atoms with E-state index < -0.39 is 0 Å². The average molecular weight is 187 g/mol. The summed E-state index contributed by atoms with van der Waals surface area (Å²) in [5.41, 5.74) is 5.76. The normalized spacial score (nSPS) is 31.6. The van der Waals surface area contributed by atoms with Crippen molar-refractivity contribution in [3.63, 3.8) is 0 Å². The van der Waals surface area contributed by atoms with Crippen molar-refractivity contribution >= 4 is 0 Å². The number of aliphatic hydroxyl groups excluding tert-OH is 1. The summed E-state index contributed by atoms with van der Waals surface area (Å²) in [5, 5.41) is 9.28. The Morgan fingerprint density at radius 3 is 2.54 bits per heavy atom. The Morgan fingerprint density at radius 2 is 2.00 bits per heavy atom. The zero-order valence-corrected chi connectivity index (χ0v) is 8.41. The van der Waals surface area contributed by atoms with Gasteiger partial charge in [0.1, 0.15) is 6.23 Å². The maximum Gasteiger partial charge on any atom is 0.105 e. The van der Waals surface area contributed by atoms with Crippen molar-refractivity contribution in [2.75, 3.05) is 0 Å².